The van der Waals surface area contributed by atoms with E-state index in [2.05, 4.69) is 30.2 Å². The molecule has 0 spiro atoms. The highest BCUT2D eigenvalue weighted by Crippen LogP contribution is 2.28. The van der Waals surface area contributed by atoms with Gasteiger partial charge in [-0.25, -0.2) is 4.98 Å². The highest BCUT2D eigenvalue weighted by atomic mass is 15.3. The van der Waals surface area contributed by atoms with E-state index in [1.807, 2.05) is 31.0 Å². The Morgan fingerprint density at radius 2 is 2.22 bits per heavy atom. The number of fused-ring (bicyclic) bond motifs is 2. The number of hydrogen-bond acceptors (Lipinski definition) is 3. The Morgan fingerprint density at radius 3 is 3.22 bits per heavy atom. The van der Waals surface area contributed by atoms with Gasteiger partial charge in [0.15, 0.2) is 0 Å². The Hall–Kier alpha value is -2.17. The first-order chi connectivity index (χ1) is 8.92. The molecule has 5 heteroatoms. The van der Waals surface area contributed by atoms with Crippen LogP contribution in [0.4, 0.5) is 0 Å². The minimum atomic E-state index is 0.471. The number of aromatic nitrogens is 5. The number of imidazole rings is 1. The van der Waals surface area contributed by atoms with Gasteiger partial charge < -0.3 is 4.40 Å². The molecule has 4 rings (SSSR count). The number of nitrogens with zero attached hydrogens (tertiary/aromatic N) is 5. The molecule has 1 unspecified atom stereocenters. The number of rotatable bonds is 1. The van der Waals surface area contributed by atoms with Crippen molar-refractivity contribution in [2.24, 2.45) is 0 Å². The fraction of sp³-hybridized carbons (Fsp3) is 0.308. The summed E-state index contributed by atoms with van der Waals surface area (Å²) in [6.07, 6.45) is 11.5. The van der Waals surface area contributed by atoms with Crippen molar-refractivity contribution in [1.29, 1.82) is 0 Å². The standard InChI is InChI=1S/C13H13N5/c1-3-16-18-5-2-10(7-11(1)18)13-15-9-12-8-14-4-6-17(12)13/h1,3-4,6,8-10H,2,5,7H2. The second kappa shape index (κ2) is 3.66. The van der Waals surface area contributed by atoms with Crippen molar-refractivity contribution < 1.29 is 0 Å². The van der Waals surface area contributed by atoms with Gasteiger partial charge in [-0.1, -0.05) is 0 Å². The molecule has 0 N–H and O–H groups in total. The van der Waals surface area contributed by atoms with E-state index in [0.29, 0.717) is 5.92 Å². The van der Waals surface area contributed by atoms with Crippen LogP contribution in [0.3, 0.4) is 0 Å². The first kappa shape index (κ1) is 9.82. The van der Waals surface area contributed by atoms with E-state index in [0.717, 1.165) is 30.7 Å². The van der Waals surface area contributed by atoms with Gasteiger partial charge in [-0.15, -0.1) is 0 Å². The molecule has 0 aliphatic carbocycles. The summed E-state index contributed by atoms with van der Waals surface area (Å²) in [6, 6.07) is 2.10. The molecule has 1 atom stereocenters. The molecule has 4 heterocycles. The number of hydrogen-bond donors (Lipinski definition) is 0. The molecule has 0 saturated carbocycles. The summed E-state index contributed by atoms with van der Waals surface area (Å²) in [4.78, 5) is 8.69. The van der Waals surface area contributed by atoms with Crippen LogP contribution in [0.2, 0.25) is 0 Å². The maximum absolute atomic E-state index is 4.57. The van der Waals surface area contributed by atoms with Crippen LogP contribution < -0.4 is 0 Å². The molecule has 5 nitrogen and oxygen atoms in total. The minimum Gasteiger partial charge on any atom is -0.300 e. The lowest BCUT2D eigenvalue weighted by atomic mass is 9.95. The lowest BCUT2D eigenvalue weighted by molar-refractivity contribution is 0.427. The highest BCUT2D eigenvalue weighted by molar-refractivity contribution is 5.43. The topological polar surface area (TPSA) is 48.0 Å². The van der Waals surface area contributed by atoms with Crippen LogP contribution in [0, 0.1) is 0 Å². The second-order valence-corrected chi connectivity index (χ2v) is 4.72. The third-order valence-corrected chi connectivity index (χ3v) is 3.68. The summed E-state index contributed by atoms with van der Waals surface area (Å²) in [5.41, 5.74) is 2.36. The van der Waals surface area contributed by atoms with E-state index in [-0.39, 0.29) is 0 Å². The van der Waals surface area contributed by atoms with E-state index < -0.39 is 0 Å². The lowest BCUT2D eigenvalue weighted by Gasteiger charge is -2.22. The van der Waals surface area contributed by atoms with Crippen LogP contribution in [0.1, 0.15) is 23.9 Å². The van der Waals surface area contributed by atoms with Crippen molar-refractivity contribution in [3.05, 3.63) is 48.6 Å². The van der Waals surface area contributed by atoms with Crippen molar-refractivity contribution in [3.63, 3.8) is 0 Å². The smallest absolute Gasteiger partial charge is 0.116 e. The minimum absolute atomic E-state index is 0.471. The monoisotopic (exact) mass is 239 g/mol. The van der Waals surface area contributed by atoms with Gasteiger partial charge in [0.1, 0.15) is 5.82 Å². The molecule has 1 aliphatic rings. The molecule has 0 amide bonds. The molecular formula is C13H13N5. The Morgan fingerprint density at radius 1 is 1.22 bits per heavy atom. The number of aryl methyl sites for hydroxylation is 1. The Balaban J connectivity index is 1.76. The average molecular weight is 239 g/mol. The van der Waals surface area contributed by atoms with Gasteiger partial charge in [0.05, 0.1) is 17.9 Å². The molecule has 0 radical (unpaired) electrons. The van der Waals surface area contributed by atoms with Crippen molar-refractivity contribution >= 4 is 5.52 Å². The van der Waals surface area contributed by atoms with Gasteiger partial charge in [0.2, 0.25) is 0 Å². The zero-order valence-corrected chi connectivity index (χ0v) is 9.90. The molecule has 0 fully saturated rings. The fourth-order valence-electron chi connectivity index (χ4n) is 2.76. The summed E-state index contributed by atoms with van der Waals surface area (Å²) in [7, 11) is 0. The van der Waals surface area contributed by atoms with Crippen molar-refractivity contribution in [2.75, 3.05) is 0 Å². The van der Waals surface area contributed by atoms with Crippen LogP contribution >= 0.6 is 0 Å². The van der Waals surface area contributed by atoms with Gasteiger partial charge in [-0.2, -0.15) is 5.10 Å². The third kappa shape index (κ3) is 1.37. The summed E-state index contributed by atoms with van der Waals surface area (Å²) in [6.45, 7) is 0.979. The van der Waals surface area contributed by atoms with Gasteiger partial charge >= 0.3 is 0 Å². The molecule has 0 bridgehead atoms. The molecule has 90 valence electrons. The normalized spacial score (nSPS) is 19.0. The Kier molecular flexibility index (Phi) is 2.00. The molecule has 0 saturated heterocycles. The summed E-state index contributed by atoms with van der Waals surface area (Å²) >= 11 is 0. The van der Waals surface area contributed by atoms with Crippen LogP contribution in [-0.4, -0.2) is 24.1 Å². The molecule has 3 aromatic heterocycles. The maximum atomic E-state index is 4.57. The lowest BCUT2D eigenvalue weighted by Crippen LogP contribution is -2.20. The van der Waals surface area contributed by atoms with Gasteiger partial charge in [0, 0.05) is 36.7 Å². The molecular weight excluding hydrogens is 226 g/mol. The fourth-order valence-corrected chi connectivity index (χ4v) is 2.76. The van der Waals surface area contributed by atoms with Crippen LogP contribution in [-0.2, 0) is 13.0 Å². The van der Waals surface area contributed by atoms with Gasteiger partial charge in [-0.3, -0.25) is 9.67 Å². The Labute approximate surface area is 104 Å². The summed E-state index contributed by atoms with van der Waals surface area (Å²) < 4.78 is 4.23. The second-order valence-electron chi connectivity index (χ2n) is 4.72. The van der Waals surface area contributed by atoms with Crippen molar-refractivity contribution in [1.82, 2.24) is 24.1 Å². The molecule has 18 heavy (non-hydrogen) atoms. The van der Waals surface area contributed by atoms with Crippen LogP contribution in [0.5, 0.6) is 0 Å². The van der Waals surface area contributed by atoms with Crippen molar-refractivity contribution in [2.45, 2.75) is 25.3 Å². The highest BCUT2D eigenvalue weighted by Gasteiger charge is 2.23. The summed E-state index contributed by atoms with van der Waals surface area (Å²) in [5, 5.41) is 4.31. The van der Waals surface area contributed by atoms with E-state index in [4.69, 9.17) is 0 Å². The maximum Gasteiger partial charge on any atom is 0.116 e. The van der Waals surface area contributed by atoms with Crippen LogP contribution in [0.25, 0.3) is 5.52 Å². The average Bonchev–Trinajstić information content (AvgIpc) is 3.04. The zero-order valence-electron chi connectivity index (χ0n) is 9.90. The van der Waals surface area contributed by atoms with Crippen molar-refractivity contribution in [3.8, 4) is 0 Å². The predicted molar refractivity (Wildman–Crippen MR) is 66.3 cm³/mol. The van der Waals surface area contributed by atoms with Crippen LogP contribution in [0.15, 0.2) is 37.1 Å². The van der Waals surface area contributed by atoms with E-state index in [1.54, 1.807) is 0 Å². The molecule has 0 aromatic carbocycles. The first-order valence-electron chi connectivity index (χ1n) is 6.19. The summed E-state index contributed by atoms with van der Waals surface area (Å²) in [5.74, 6) is 1.61. The zero-order chi connectivity index (χ0) is 11.9. The predicted octanol–water partition coefficient (Wildman–Crippen LogP) is 1.66. The largest absolute Gasteiger partial charge is 0.300 e. The quantitative estimate of drug-likeness (QED) is 0.648. The van der Waals surface area contributed by atoms with E-state index in [1.165, 1.54) is 5.69 Å². The molecule has 3 aromatic rings. The first-order valence-corrected chi connectivity index (χ1v) is 6.19. The molecule has 1 aliphatic heterocycles. The van der Waals surface area contributed by atoms with E-state index >= 15 is 0 Å². The van der Waals surface area contributed by atoms with E-state index in [9.17, 15) is 0 Å². The van der Waals surface area contributed by atoms with Gasteiger partial charge in [-0.05, 0) is 18.9 Å². The SMILES string of the molecule is c1cn2c(C3CCn4nccc4C3)ncc2cn1. The Bertz CT molecular complexity index is 696. The van der Waals surface area contributed by atoms with Gasteiger partial charge in [0.25, 0.3) is 0 Å². The third-order valence-electron chi connectivity index (χ3n) is 3.68.